The van der Waals surface area contributed by atoms with E-state index in [0.29, 0.717) is 17.9 Å². The molecule has 0 saturated carbocycles. The van der Waals surface area contributed by atoms with Crippen molar-refractivity contribution in [1.82, 2.24) is 4.90 Å². The lowest BCUT2D eigenvalue weighted by atomic mass is 9.85. The molecule has 0 amide bonds. The highest BCUT2D eigenvalue weighted by atomic mass is 19.4. The number of aromatic hydroxyl groups is 2. The van der Waals surface area contributed by atoms with Crippen LogP contribution in [-0.4, -0.2) is 47.5 Å². The summed E-state index contributed by atoms with van der Waals surface area (Å²) in [7, 11) is 0. The molecule has 1 aliphatic rings. The maximum atomic E-state index is 14.5. The molecule has 0 aliphatic carbocycles. The van der Waals surface area contributed by atoms with Gasteiger partial charge in [0.1, 0.15) is 23.0 Å². The van der Waals surface area contributed by atoms with Gasteiger partial charge in [0.15, 0.2) is 6.10 Å². The number of hydrogen-bond donors (Lipinski definition) is 2. The first-order chi connectivity index (χ1) is 18.2. The first kappa shape index (κ1) is 27.4. The molecule has 1 heterocycles. The van der Waals surface area contributed by atoms with Crippen LogP contribution in [0.25, 0.3) is 11.1 Å². The topological polar surface area (TPSA) is 62.2 Å². The Kier molecular flexibility index (Phi) is 8.52. The highest BCUT2D eigenvalue weighted by Crippen LogP contribution is 2.53. The Balaban J connectivity index is 1.63. The predicted octanol–water partition coefficient (Wildman–Crippen LogP) is 7.21. The number of hydrogen-bond acceptors (Lipinski definition) is 5. The second kappa shape index (κ2) is 11.8. The summed E-state index contributed by atoms with van der Waals surface area (Å²) in [5, 5.41) is 19.7. The standard InChI is InChI=1S/C30H32F3NO4/c1-3-34(4-2)17-5-6-18-37-24-14-9-21(10-15-24)29-27(20-7-11-22(35)12-8-20)28(30(31,32)33)25-16-13-23(36)19-26(25)38-29/h7-16,19,29,35-36H,3-6,17-18H2,1-2H3. The quantitative estimate of drug-likeness (QED) is 0.273. The lowest BCUT2D eigenvalue weighted by molar-refractivity contribution is -0.0695. The molecule has 0 aromatic heterocycles. The van der Waals surface area contributed by atoms with Gasteiger partial charge < -0.3 is 24.6 Å². The Morgan fingerprint density at radius 3 is 2.16 bits per heavy atom. The van der Waals surface area contributed by atoms with Gasteiger partial charge in [-0.05, 0) is 80.0 Å². The zero-order valence-corrected chi connectivity index (χ0v) is 21.5. The molecule has 4 rings (SSSR count). The summed E-state index contributed by atoms with van der Waals surface area (Å²) in [5.74, 6) is 0.317. The minimum Gasteiger partial charge on any atom is -0.508 e. The van der Waals surface area contributed by atoms with Crippen LogP contribution < -0.4 is 9.47 Å². The van der Waals surface area contributed by atoms with Crippen molar-refractivity contribution in [3.63, 3.8) is 0 Å². The summed E-state index contributed by atoms with van der Waals surface area (Å²) in [6.07, 6.45) is -3.89. The number of phenols is 2. The van der Waals surface area contributed by atoms with Crippen LogP contribution in [0.2, 0.25) is 0 Å². The third kappa shape index (κ3) is 6.25. The lowest BCUT2D eigenvalue weighted by Gasteiger charge is -2.33. The Hall–Kier alpha value is -3.65. The van der Waals surface area contributed by atoms with Gasteiger partial charge >= 0.3 is 6.18 Å². The third-order valence-electron chi connectivity index (χ3n) is 6.69. The van der Waals surface area contributed by atoms with E-state index in [1.165, 1.54) is 42.5 Å². The van der Waals surface area contributed by atoms with Crippen molar-refractivity contribution in [2.24, 2.45) is 0 Å². The molecule has 3 aromatic carbocycles. The van der Waals surface area contributed by atoms with Gasteiger partial charge in [0.2, 0.25) is 0 Å². The highest BCUT2D eigenvalue weighted by Gasteiger charge is 2.44. The Labute approximate surface area is 220 Å². The van der Waals surface area contributed by atoms with Crippen LogP contribution in [0.4, 0.5) is 13.2 Å². The molecule has 0 bridgehead atoms. The van der Waals surface area contributed by atoms with Gasteiger partial charge in [-0.1, -0.05) is 38.1 Å². The number of allylic oxidation sites excluding steroid dienone is 1. The molecule has 1 atom stereocenters. The fourth-order valence-corrected chi connectivity index (χ4v) is 4.66. The number of ether oxygens (including phenoxy) is 2. The van der Waals surface area contributed by atoms with E-state index in [9.17, 15) is 23.4 Å². The number of unbranched alkanes of at least 4 members (excludes halogenated alkanes) is 1. The van der Waals surface area contributed by atoms with Crippen molar-refractivity contribution in [2.75, 3.05) is 26.2 Å². The summed E-state index contributed by atoms with van der Waals surface area (Å²) in [4.78, 5) is 2.35. The van der Waals surface area contributed by atoms with Crippen LogP contribution >= 0.6 is 0 Å². The van der Waals surface area contributed by atoms with Gasteiger partial charge in [-0.25, -0.2) is 0 Å². The Morgan fingerprint density at radius 2 is 1.53 bits per heavy atom. The molecule has 1 aliphatic heterocycles. The highest BCUT2D eigenvalue weighted by molar-refractivity contribution is 5.98. The van der Waals surface area contributed by atoms with Crippen molar-refractivity contribution in [2.45, 2.75) is 39.0 Å². The first-order valence-electron chi connectivity index (χ1n) is 12.8. The van der Waals surface area contributed by atoms with Crippen LogP contribution in [0, 0.1) is 0 Å². The number of fused-ring (bicyclic) bond motifs is 1. The largest absolute Gasteiger partial charge is 0.508 e. The first-order valence-corrected chi connectivity index (χ1v) is 12.8. The summed E-state index contributed by atoms with van der Waals surface area (Å²) in [5.41, 5.74) is -0.298. The van der Waals surface area contributed by atoms with E-state index >= 15 is 0 Å². The SMILES string of the molecule is CCN(CC)CCCCOc1ccc(C2Oc3cc(O)ccc3C(C(F)(F)F)=C2c2ccc(O)cc2)cc1. The average Bonchev–Trinajstić information content (AvgIpc) is 2.90. The molecular formula is C30H32F3NO4. The van der Waals surface area contributed by atoms with E-state index in [-0.39, 0.29) is 33.9 Å². The number of alkyl halides is 3. The van der Waals surface area contributed by atoms with Crippen molar-refractivity contribution in [3.05, 3.63) is 83.4 Å². The number of rotatable bonds is 10. The number of benzene rings is 3. The van der Waals surface area contributed by atoms with Gasteiger partial charge in [0.05, 0.1) is 12.2 Å². The van der Waals surface area contributed by atoms with E-state index < -0.39 is 17.9 Å². The van der Waals surface area contributed by atoms with Crippen molar-refractivity contribution in [3.8, 4) is 23.0 Å². The maximum absolute atomic E-state index is 14.5. The van der Waals surface area contributed by atoms with Crippen LogP contribution in [0.15, 0.2) is 66.7 Å². The molecule has 3 aromatic rings. The zero-order chi connectivity index (χ0) is 27.3. The minimum absolute atomic E-state index is 0.0555. The fraction of sp³-hybridized carbons (Fsp3) is 0.333. The van der Waals surface area contributed by atoms with Gasteiger partial charge in [-0.3, -0.25) is 0 Å². The summed E-state index contributed by atoms with van der Waals surface area (Å²) in [6, 6.07) is 16.0. The molecule has 2 N–H and O–H groups in total. The molecule has 8 heteroatoms. The molecular weight excluding hydrogens is 495 g/mol. The van der Waals surface area contributed by atoms with Crippen molar-refractivity contribution >= 4 is 11.1 Å². The number of nitrogens with zero attached hydrogens (tertiary/aromatic N) is 1. The molecule has 1 unspecified atom stereocenters. The third-order valence-corrected chi connectivity index (χ3v) is 6.69. The van der Waals surface area contributed by atoms with Gasteiger partial charge in [0.25, 0.3) is 0 Å². The van der Waals surface area contributed by atoms with E-state index in [0.717, 1.165) is 32.5 Å². The normalized spacial score (nSPS) is 15.4. The van der Waals surface area contributed by atoms with E-state index in [1.54, 1.807) is 24.3 Å². The second-order valence-corrected chi connectivity index (χ2v) is 9.16. The molecule has 202 valence electrons. The second-order valence-electron chi connectivity index (χ2n) is 9.16. The molecule has 38 heavy (non-hydrogen) atoms. The Bertz CT molecular complexity index is 1250. The van der Waals surface area contributed by atoms with Gasteiger partial charge in [0, 0.05) is 17.2 Å². The number of halogens is 3. The molecule has 0 fully saturated rings. The van der Waals surface area contributed by atoms with Crippen LogP contribution in [-0.2, 0) is 0 Å². The van der Waals surface area contributed by atoms with Gasteiger partial charge in [-0.2, -0.15) is 13.2 Å². The fourth-order valence-electron chi connectivity index (χ4n) is 4.66. The lowest BCUT2D eigenvalue weighted by Crippen LogP contribution is -2.24. The van der Waals surface area contributed by atoms with Crippen LogP contribution in [0.3, 0.4) is 0 Å². The maximum Gasteiger partial charge on any atom is 0.417 e. The average molecular weight is 528 g/mol. The summed E-state index contributed by atoms with van der Waals surface area (Å²) < 4.78 is 55.6. The van der Waals surface area contributed by atoms with Gasteiger partial charge in [-0.15, -0.1) is 0 Å². The van der Waals surface area contributed by atoms with E-state index in [4.69, 9.17) is 9.47 Å². The minimum atomic E-state index is -4.70. The number of phenolic OH excluding ortho intramolecular Hbond substituents is 2. The predicted molar refractivity (Wildman–Crippen MR) is 141 cm³/mol. The molecule has 0 radical (unpaired) electrons. The van der Waals surface area contributed by atoms with Crippen LogP contribution in [0.1, 0.15) is 49.5 Å². The monoisotopic (exact) mass is 527 g/mol. The molecule has 5 nitrogen and oxygen atoms in total. The van der Waals surface area contributed by atoms with E-state index in [2.05, 4.69) is 18.7 Å². The molecule has 0 spiro atoms. The summed E-state index contributed by atoms with van der Waals surface area (Å²) in [6.45, 7) is 7.87. The summed E-state index contributed by atoms with van der Waals surface area (Å²) >= 11 is 0. The van der Waals surface area contributed by atoms with E-state index in [1.807, 2.05) is 0 Å². The Morgan fingerprint density at radius 1 is 0.868 bits per heavy atom. The molecule has 0 saturated heterocycles. The van der Waals surface area contributed by atoms with Crippen molar-refractivity contribution < 1.29 is 32.9 Å². The zero-order valence-electron chi connectivity index (χ0n) is 21.5. The van der Waals surface area contributed by atoms with Crippen molar-refractivity contribution in [1.29, 1.82) is 0 Å². The smallest absolute Gasteiger partial charge is 0.417 e. The van der Waals surface area contributed by atoms with Crippen LogP contribution in [0.5, 0.6) is 23.0 Å².